The Morgan fingerprint density at radius 3 is 2.26 bits per heavy atom. The third kappa shape index (κ3) is 13.2. The molecule has 2 aromatic rings. The lowest BCUT2D eigenvalue weighted by atomic mass is 9.91. The number of halogens is 1. The molecule has 4 atom stereocenters. The van der Waals surface area contributed by atoms with Crippen LogP contribution in [0.5, 0.6) is 0 Å². The van der Waals surface area contributed by atoms with Crippen LogP contribution in [0, 0.1) is 3.57 Å². The molecule has 2 aliphatic rings. The van der Waals surface area contributed by atoms with Crippen LogP contribution in [0.1, 0.15) is 132 Å². The number of carbonyl (C=O) groups excluding carboxylic acids is 4. The maximum Gasteiger partial charge on any atom is 0.338 e. The lowest BCUT2D eigenvalue weighted by molar-refractivity contribution is -0.190. The molecule has 11 nitrogen and oxygen atoms in total. The average molecular weight is 861 g/mol. The van der Waals surface area contributed by atoms with Gasteiger partial charge in [0.1, 0.15) is 23.9 Å². The van der Waals surface area contributed by atoms with Crippen LogP contribution in [-0.4, -0.2) is 71.2 Å². The van der Waals surface area contributed by atoms with E-state index in [0.29, 0.717) is 22.3 Å². The van der Waals surface area contributed by atoms with Gasteiger partial charge in [-0.05, 0) is 111 Å². The van der Waals surface area contributed by atoms with Crippen molar-refractivity contribution < 1.29 is 43.2 Å². The zero-order valence-corrected chi connectivity index (χ0v) is 34.4. The Balaban J connectivity index is 1.45. The first-order valence-corrected chi connectivity index (χ1v) is 20.4. The first kappa shape index (κ1) is 43.4. The third-order valence-electron chi connectivity index (χ3n) is 9.45. The molecule has 1 aliphatic carbocycles. The zero-order valence-electron chi connectivity index (χ0n) is 32.3. The Morgan fingerprint density at radius 1 is 0.944 bits per heavy atom. The van der Waals surface area contributed by atoms with Gasteiger partial charge in [0.15, 0.2) is 5.79 Å². The fourth-order valence-electron chi connectivity index (χ4n) is 6.67. The molecule has 1 saturated heterocycles. The van der Waals surface area contributed by atoms with Crippen LogP contribution in [0.2, 0.25) is 0 Å². The minimum atomic E-state index is -0.818. The Morgan fingerprint density at radius 2 is 1.63 bits per heavy atom. The van der Waals surface area contributed by atoms with Crippen LogP contribution in [0.4, 0.5) is 0 Å². The molecule has 296 valence electrons. The van der Waals surface area contributed by atoms with Crippen molar-refractivity contribution in [3.8, 4) is 0 Å². The van der Waals surface area contributed by atoms with Crippen molar-refractivity contribution in [2.45, 2.75) is 148 Å². The van der Waals surface area contributed by atoms with Gasteiger partial charge in [0.25, 0.3) is 5.91 Å². The molecule has 1 heterocycles. The first-order valence-electron chi connectivity index (χ1n) is 19.3. The molecule has 0 spiro atoms. The lowest BCUT2D eigenvalue weighted by Crippen LogP contribution is -2.43. The number of amides is 2. The van der Waals surface area contributed by atoms with Gasteiger partial charge < -0.3 is 34.7 Å². The summed E-state index contributed by atoms with van der Waals surface area (Å²) in [6.07, 6.45) is 7.90. The summed E-state index contributed by atoms with van der Waals surface area (Å²) in [6, 6.07) is 13.3. The molecule has 0 radical (unpaired) electrons. The number of ether oxygens (including phenoxy) is 4. The molecule has 0 unspecified atom stereocenters. The van der Waals surface area contributed by atoms with E-state index in [1.54, 1.807) is 57.2 Å². The number of aliphatic hydroxyl groups is 1. The lowest BCUT2D eigenvalue weighted by Gasteiger charge is -2.31. The number of rotatable bonds is 19. The van der Waals surface area contributed by atoms with Gasteiger partial charge in [-0.3, -0.25) is 14.4 Å². The van der Waals surface area contributed by atoms with E-state index in [1.165, 1.54) is 0 Å². The number of aliphatic hydroxyl groups excluding tert-OH is 1. The predicted octanol–water partition coefficient (Wildman–Crippen LogP) is 7.32. The van der Waals surface area contributed by atoms with E-state index < -0.39 is 53.6 Å². The van der Waals surface area contributed by atoms with Crippen molar-refractivity contribution >= 4 is 46.3 Å². The van der Waals surface area contributed by atoms with E-state index in [4.69, 9.17) is 18.9 Å². The molecular weight excluding hydrogens is 803 g/mol. The van der Waals surface area contributed by atoms with Gasteiger partial charge in [0.2, 0.25) is 5.91 Å². The van der Waals surface area contributed by atoms with Crippen molar-refractivity contribution in [2.75, 3.05) is 6.61 Å². The topological polar surface area (TPSA) is 149 Å². The second kappa shape index (κ2) is 20.5. The molecular formula is C42H57IN2O9. The summed E-state index contributed by atoms with van der Waals surface area (Å²) in [5.41, 5.74) is 1.26. The van der Waals surface area contributed by atoms with Crippen LogP contribution in [0.3, 0.4) is 0 Å². The van der Waals surface area contributed by atoms with Gasteiger partial charge in [-0.15, -0.1) is 0 Å². The molecule has 1 fully saturated rings. The second-order valence-electron chi connectivity index (χ2n) is 15.2. The molecule has 2 amide bonds. The molecule has 1 aliphatic heterocycles. The zero-order chi connectivity index (χ0) is 39.3. The molecule has 3 N–H and O–H groups in total. The molecule has 2 aromatic carbocycles. The van der Waals surface area contributed by atoms with Crippen molar-refractivity contribution in [3.63, 3.8) is 0 Å². The highest BCUT2D eigenvalue weighted by molar-refractivity contribution is 14.1. The number of unbranched alkanes of at least 4 members (excludes halogenated alkanes) is 4. The van der Waals surface area contributed by atoms with Gasteiger partial charge in [-0.2, -0.15) is 0 Å². The molecule has 0 saturated carbocycles. The first-order chi connectivity index (χ1) is 25.7. The van der Waals surface area contributed by atoms with Crippen molar-refractivity contribution in [1.29, 1.82) is 0 Å². The summed E-state index contributed by atoms with van der Waals surface area (Å²) < 4.78 is 25.9. The number of esters is 2. The predicted molar refractivity (Wildman–Crippen MR) is 214 cm³/mol. The van der Waals surface area contributed by atoms with E-state index in [9.17, 15) is 24.3 Å². The van der Waals surface area contributed by atoms with Crippen LogP contribution in [0.25, 0.3) is 0 Å². The van der Waals surface area contributed by atoms with Crippen molar-refractivity contribution in [1.82, 2.24) is 10.6 Å². The summed E-state index contributed by atoms with van der Waals surface area (Å²) in [7, 11) is 0. The van der Waals surface area contributed by atoms with Gasteiger partial charge in [0, 0.05) is 46.9 Å². The van der Waals surface area contributed by atoms with E-state index >= 15 is 0 Å². The average Bonchev–Trinajstić information content (AvgIpc) is 3.50. The van der Waals surface area contributed by atoms with Gasteiger partial charge in [0.05, 0.1) is 18.2 Å². The fraction of sp³-hybridized carbons (Fsp3) is 0.571. The summed E-state index contributed by atoms with van der Waals surface area (Å²) in [6.45, 7) is 9.45. The molecule has 0 aromatic heterocycles. The highest BCUT2D eigenvalue weighted by Gasteiger charge is 2.52. The molecule has 54 heavy (non-hydrogen) atoms. The molecule has 4 rings (SSSR count). The van der Waals surface area contributed by atoms with Crippen LogP contribution < -0.4 is 10.6 Å². The molecule has 12 heteroatoms. The quantitative estimate of drug-likeness (QED) is 0.0751. The number of hydrogen-bond donors (Lipinski definition) is 3. The van der Waals surface area contributed by atoms with Crippen molar-refractivity contribution in [3.05, 3.63) is 80.4 Å². The Bertz CT molecular complexity index is 1590. The Kier molecular flexibility index (Phi) is 16.5. The maximum atomic E-state index is 13.7. The van der Waals surface area contributed by atoms with Gasteiger partial charge in [-0.25, -0.2) is 4.79 Å². The second-order valence-corrected chi connectivity index (χ2v) is 16.4. The number of hydrogen-bond acceptors (Lipinski definition) is 9. The van der Waals surface area contributed by atoms with E-state index in [0.717, 1.165) is 54.9 Å². The minimum Gasteiger partial charge on any atom is -0.460 e. The highest BCUT2D eigenvalue weighted by Crippen LogP contribution is 2.43. The standard InChI is InChI=1S/C42H57IN2O9/c1-6-8-10-21-42(22-11-9-7-2)52-35-25-31(24-34(37(35)54-42)51-40(50)29-15-17-32(43)18-16-29)38(48)44-26-28-13-12-14-30(23-28)39(49)45-33(27-46)19-20-36(47)53-41(3,4)5/h12-18,23,25,33-35,37,46H,6-11,19-22,24,26-27H2,1-5H3,(H,44,48)(H,45,49)/t33-,34+,35+,37-/m0/s1. The van der Waals surface area contributed by atoms with Crippen molar-refractivity contribution in [2.24, 2.45) is 0 Å². The van der Waals surface area contributed by atoms with Crippen LogP contribution in [-0.2, 0) is 35.1 Å². The highest BCUT2D eigenvalue weighted by atomic mass is 127. The van der Waals surface area contributed by atoms with Crippen LogP contribution in [0.15, 0.2) is 60.2 Å². The Labute approximate surface area is 333 Å². The largest absolute Gasteiger partial charge is 0.460 e. The third-order valence-corrected chi connectivity index (χ3v) is 10.2. The van der Waals surface area contributed by atoms with Gasteiger partial charge in [-0.1, -0.05) is 51.7 Å². The smallest absolute Gasteiger partial charge is 0.338 e. The van der Waals surface area contributed by atoms with E-state index in [2.05, 4.69) is 47.1 Å². The molecule has 0 bridgehead atoms. The van der Waals surface area contributed by atoms with Gasteiger partial charge >= 0.3 is 11.9 Å². The summed E-state index contributed by atoms with van der Waals surface area (Å²) in [5.74, 6) is -2.46. The summed E-state index contributed by atoms with van der Waals surface area (Å²) >= 11 is 2.18. The SMILES string of the molecule is CCCCCC1(CCCCC)O[C@@H]2[C@@H](C=C(C(=O)NCc3cccc(C(=O)N[C@H](CO)CCC(=O)OC(C)(C)C)c3)C[C@H]2OC(=O)c2ccc(I)cc2)O1. The number of fused-ring (bicyclic) bond motifs is 1. The monoisotopic (exact) mass is 860 g/mol. The summed E-state index contributed by atoms with van der Waals surface area (Å²) in [5, 5.41) is 15.6. The number of carbonyl (C=O) groups is 4. The summed E-state index contributed by atoms with van der Waals surface area (Å²) in [4.78, 5) is 52.3. The Hall–Kier alpha value is -3.33. The van der Waals surface area contributed by atoms with E-state index in [-0.39, 0.29) is 38.3 Å². The maximum absolute atomic E-state index is 13.7. The normalized spacial score (nSPS) is 19.6. The van der Waals surface area contributed by atoms with E-state index in [1.807, 2.05) is 18.2 Å². The fourth-order valence-corrected chi connectivity index (χ4v) is 7.03. The number of benzene rings is 2. The van der Waals surface area contributed by atoms with Crippen LogP contribution >= 0.6 is 22.6 Å². The minimum absolute atomic E-state index is 0.0495. The number of nitrogens with one attached hydrogen (secondary N) is 2.